The summed E-state index contributed by atoms with van der Waals surface area (Å²) in [6.07, 6.45) is 5.17. The van der Waals surface area contributed by atoms with Crippen LogP contribution in [0.4, 0.5) is 5.69 Å². The van der Waals surface area contributed by atoms with E-state index < -0.39 is 0 Å². The summed E-state index contributed by atoms with van der Waals surface area (Å²) in [5.74, 6) is 1.59. The van der Waals surface area contributed by atoms with Gasteiger partial charge < -0.3 is 15.5 Å². The summed E-state index contributed by atoms with van der Waals surface area (Å²) >= 11 is 0. The van der Waals surface area contributed by atoms with Gasteiger partial charge in [0, 0.05) is 24.7 Å². The number of hydrogen-bond donors (Lipinski definition) is 2. The molecule has 0 spiro atoms. The molecule has 0 saturated carbocycles. The van der Waals surface area contributed by atoms with Gasteiger partial charge in [-0.3, -0.25) is 0 Å². The van der Waals surface area contributed by atoms with Crippen LogP contribution in [0, 0.1) is 5.92 Å². The lowest BCUT2D eigenvalue weighted by Gasteiger charge is -2.23. The SMILES string of the molecule is CCCN1CC(CCNCC2CCNCC2)c2ccccc21. The number of nitrogens with zero attached hydrogens (tertiary/aromatic N) is 1. The first-order valence-electron chi connectivity index (χ1n) is 9.13. The van der Waals surface area contributed by atoms with Gasteiger partial charge in [-0.2, -0.15) is 0 Å². The van der Waals surface area contributed by atoms with Gasteiger partial charge in [0.15, 0.2) is 0 Å². The van der Waals surface area contributed by atoms with Crippen molar-refractivity contribution in [1.29, 1.82) is 0 Å². The molecule has 1 saturated heterocycles. The number of piperidine rings is 1. The average molecular weight is 301 g/mol. The lowest BCUT2D eigenvalue weighted by atomic mass is 9.96. The van der Waals surface area contributed by atoms with E-state index in [2.05, 4.69) is 46.7 Å². The van der Waals surface area contributed by atoms with Crippen LogP contribution in [0.15, 0.2) is 24.3 Å². The van der Waals surface area contributed by atoms with Gasteiger partial charge in [0.2, 0.25) is 0 Å². The molecule has 2 aliphatic rings. The Labute approximate surface area is 135 Å². The van der Waals surface area contributed by atoms with E-state index in [4.69, 9.17) is 0 Å². The maximum Gasteiger partial charge on any atom is 0.0402 e. The Morgan fingerprint density at radius 2 is 2.05 bits per heavy atom. The number of anilines is 1. The Balaban J connectivity index is 1.46. The highest BCUT2D eigenvalue weighted by molar-refractivity contribution is 5.60. The van der Waals surface area contributed by atoms with Crippen molar-refractivity contribution in [1.82, 2.24) is 10.6 Å². The maximum absolute atomic E-state index is 3.71. The highest BCUT2D eigenvalue weighted by atomic mass is 15.2. The molecule has 2 N–H and O–H groups in total. The molecule has 0 bridgehead atoms. The van der Waals surface area contributed by atoms with Crippen LogP contribution in [-0.4, -0.2) is 39.3 Å². The van der Waals surface area contributed by atoms with Crippen molar-refractivity contribution in [3.8, 4) is 0 Å². The van der Waals surface area contributed by atoms with Crippen LogP contribution in [0.3, 0.4) is 0 Å². The van der Waals surface area contributed by atoms with Crippen molar-refractivity contribution in [2.75, 3.05) is 44.2 Å². The molecule has 0 aliphatic carbocycles. The molecule has 0 amide bonds. The van der Waals surface area contributed by atoms with Gasteiger partial charge in [-0.05, 0) is 69.4 Å². The third-order valence-electron chi connectivity index (χ3n) is 5.21. The molecule has 1 atom stereocenters. The monoisotopic (exact) mass is 301 g/mol. The molecule has 122 valence electrons. The zero-order valence-corrected chi connectivity index (χ0v) is 14.0. The van der Waals surface area contributed by atoms with Gasteiger partial charge in [-0.15, -0.1) is 0 Å². The summed E-state index contributed by atoms with van der Waals surface area (Å²) in [6, 6.07) is 9.01. The number of rotatable bonds is 7. The molecule has 1 unspecified atom stereocenters. The summed E-state index contributed by atoms with van der Waals surface area (Å²) in [6.45, 7) is 9.44. The van der Waals surface area contributed by atoms with Gasteiger partial charge in [-0.1, -0.05) is 25.1 Å². The van der Waals surface area contributed by atoms with Crippen LogP contribution in [0.25, 0.3) is 0 Å². The van der Waals surface area contributed by atoms with Crippen LogP contribution in [0.5, 0.6) is 0 Å². The van der Waals surface area contributed by atoms with Crippen LogP contribution < -0.4 is 15.5 Å². The Bertz CT molecular complexity index is 454. The molecule has 1 fully saturated rings. The Hall–Kier alpha value is -1.06. The minimum atomic E-state index is 0.711. The van der Waals surface area contributed by atoms with E-state index in [1.54, 1.807) is 5.56 Å². The number of fused-ring (bicyclic) bond motifs is 1. The molecular formula is C19H31N3. The second kappa shape index (κ2) is 7.98. The second-order valence-electron chi connectivity index (χ2n) is 6.89. The summed E-state index contributed by atoms with van der Waals surface area (Å²) in [5, 5.41) is 7.16. The molecule has 0 radical (unpaired) electrons. The van der Waals surface area contributed by atoms with Crippen LogP contribution in [-0.2, 0) is 0 Å². The summed E-state index contributed by atoms with van der Waals surface area (Å²) in [5.41, 5.74) is 3.05. The Morgan fingerprint density at radius 3 is 2.86 bits per heavy atom. The fourth-order valence-corrected chi connectivity index (χ4v) is 3.98. The zero-order chi connectivity index (χ0) is 15.2. The zero-order valence-electron chi connectivity index (χ0n) is 14.0. The number of hydrogen-bond acceptors (Lipinski definition) is 3. The lowest BCUT2D eigenvalue weighted by Crippen LogP contribution is -2.34. The molecule has 3 nitrogen and oxygen atoms in total. The summed E-state index contributed by atoms with van der Waals surface area (Å²) in [4.78, 5) is 2.58. The molecule has 1 aromatic carbocycles. The molecule has 0 aromatic heterocycles. The van der Waals surface area contributed by atoms with E-state index in [1.807, 2.05) is 0 Å². The summed E-state index contributed by atoms with van der Waals surface area (Å²) < 4.78 is 0. The van der Waals surface area contributed by atoms with Crippen molar-refractivity contribution in [3.63, 3.8) is 0 Å². The lowest BCUT2D eigenvalue weighted by molar-refractivity contribution is 0.355. The first kappa shape index (κ1) is 15.8. The fourth-order valence-electron chi connectivity index (χ4n) is 3.98. The smallest absolute Gasteiger partial charge is 0.0402 e. The first-order valence-corrected chi connectivity index (χ1v) is 9.13. The predicted molar refractivity (Wildman–Crippen MR) is 94.8 cm³/mol. The van der Waals surface area contributed by atoms with Crippen molar-refractivity contribution >= 4 is 5.69 Å². The molecular weight excluding hydrogens is 270 g/mol. The molecule has 3 heteroatoms. The van der Waals surface area contributed by atoms with Crippen LogP contribution in [0.1, 0.15) is 44.1 Å². The summed E-state index contributed by atoms with van der Waals surface area (Å²) in [7, 11) is 0. The number of nitrogens with one attached hydrogen (secondary N) is 2. The van der Waals surface area contributed by atoms with Gasteiger partial charge in [0.1, 0.15) is 0 Å². The normalized spacial score (nSPS) is 22.0. The van der Waals surface area contributed by atoms with E-state index in [-0.39, 0.29) is 0 Å². The van der Waals surface area contributed by atoms with Crippen LogP contribution in [0.2, 0.25) is 0 Å². The number of benzene rings is 1. The number of para-hydroxylation sites is 1. The Morgan fingerprint density at radius 1 is 1.23 bits per heavy atom. The quantitative estimate of drug-likeness (QED) is 0.758. The van der Waals surface area contributed by atoms with E-state index in [1.165, 1.54) is 64.1 Å². The Kier molecular flexibility index (Phi) is 5.74. The third-order valence-corrected chi connectivity index (χ3v) is 5.21. The maximum atomic E-state index is 3.71. The predicted octanol–water partition coefficient (Wildman–Crippen LogP) is 2.98. The van der Waals surface area contributed by atoms with Gasteiger partial charge in [-0.25, -0.2) is 0 Å². The van der Waals surface area contributed by atoms with Crippen LogP contribution >= 0.6 is 0 Å². The highest BCUT2D eigenvalue weighted by Gasteiger charge is 2.27. The van der Waals surface area contributed by atoms with Crippen molar-refractivity contribution < 1.29 is 0 Å². The first-order chi connectivity index (χ1) is 10.9. The topological polar surface area (TPSA) is 27.3 Å². The van der Waals surface area contributed by atoms with E-state index in [0.29, 0.717) is 5.92 Å². The molecule has 1 aromatic rings. The third kappa shape index (κ3) is 3.82. The minimum absolute atomic E-state index is 0.711. The van der Waals surface area contributed by atoms with E-state index >= 15 is 0 Å². The second-order valence-corrected chi connectivity index (χ2v) is 6.89. The minimum Gasteiger partial charge on any atom is -0.371 e. The molecule has 3 rings (SSSR count). The van der Waals surface area contributed by atoms with Crippen molar-refractivity contribution in [2.24, 2.45) is 5.92 Å². The van der Waals surface area contributed by atoms with Crippen molar-refractivity contribution in [3.05, 3.63) is 29.8 Å². The molecule has 2 aliphatic heterocycles. The fraction of sp³-hybridized carbons (Fsp3) is 0.684. The van der Waals surface area contributed by atoms with Gasteiger partial charge in [0.25, 0.3) is 0 Å². The van der Waals surface area contributed by atoms with E-state index in [9.17, 15) is 0 Å². The molecule has 22 heavy (non-hydrogen) atoms. The molecule has 2 heterocycles. The highest BCUT2D eigenvalue weighted by Crippen LogP contribution is 2.37. The van der Waals surface area contributed by atoms with E-state index in [0.717, 1.165) is 12.5 Å². The standard InChI is InChI=1S/C19H31N3/c1-2-13-22-15-17(18-5-3-4-6-19(18)22)9-12-21-14-16-7-10-20-11-8-16/h3-6,16-17,20-21H,2,7-15H2,1H3. The average Bonchev–Trinajstić information content (AvgIpc) is 2.91. The largest absolute Gasteiger partial charge is 0.371 e. The van der Waals surface area contributed by atoms with Gasteiger partial charge >= 0.3 is 0 Å². The van der Waals surface area contributed by atoms with Gasteiger partial charge in [0.05, 0.1) is 0 Å². The van der Waals surface area contributed by atoms with Crippen molar-refractivity contribution in [2.45, 2.75) is 38.5 Å².